The van der Waals surface area contributed by atoms with E-state index in [1.54, 1.807) is 38.3 Å². The predicted octanol–water partition coefficient (Wildman–Crippen LogP) is 3.15. The Bertz CT molecular complexity index is 840. The Balaban J connectivity index is 1.95. The molecule has 0 aliphatic heterocycles. The molecule has 0 unspecified atom stereocenters. The van der Waals surface area contributed by atoms with Gasteiger partial charge in [0.25, 0.3) is 0 Å². The third-order valence-corrected chi connectivity index (χ3v) is 5.46. The molecule has 0 aromatic heterocycles. The van der Waals surface area contributed by atoms with Gasteiger partial charge in [-0.25, -0.2) is 0 Å². The van der Waals surface area contributed by atoms with Gasteiger partial charge in [-0.1, -0.05) is 42.5 Å². The zero-order chi connectivity index (χ0) is 21.8. The first-order valence-corrected chi connectivity index (χ1v) is 10.9. The summed E-state index contributed by atoms with van der Waals surface area (Å²) in [7, 11) is 1.56. The summed E-state index contributed by atoms with van der Waals surface area (Å²) in [6.07, 6.45) is 0.524. The van der Waals surface area contributed by atoms with Crippen molar-refractivity contribution in [2.45, 2.75) is 13.3 Å². The molecule has 30 heavy (non-hydrogen) atoms. The average molecular weight is 430 g/mol. The maximum Gasteiger partial charge on any atom is 0.325 e. The fourth-order valence-corrected chi connectivity index (χ4v) is 3.84. The number of thioether (sulfide) groups is 1. The number of hydrogen-bond donors (Lipinski definition) is 1. The molecule has 0 bridgehead atoms. The molecule has 0 heterocycles. The third-order valence-electron chi connectivity index (χ3n) is 4.35. The molecule has 160 valence electrons. The van der Waals surface area contributed by atoms with Crippen molar-refractivity contribution >= 4 is 29.4 Å². The monoisotopic (exact) mass is 429 g/mol. The Morgan fingerprint density at radius 1 is 1.07 bits per heavy atom. The van der Waals surface area contributed by atoms with Gasteiger partial charge >= 0.3 is 5.97 Å². The Morgan fingerprint density at radius 2 is 1.83 bits per heavy atom. The van der Waals surface area contributed by atoms with Gasteiger partial charge in [0, 0.05) is 11.3 Å². The molecule has 0 spiro atoms. The minimum absolute atomic E-state index is 0.0238. The van der Waals surface area contributed by atoms with Crippen molar-refractivity contribution in [2.75, 3.05) is 31.8 Å². The molecular weight excluding hydrogens is 402 g/mol. The molecular formula is C23H27NO5S. The Labute approximate surface area is 181 Å². The Kier molecular flexibility index (Phi) is 9.94. The Hall–Kier alpha value is -2.80. The lowest BCUT2D eigenvalue weighted by atomic mass is 10.0. The van der Waals surface area contributed by atoms with Crippen molar-refractivity contribution in [3.05, 3.63) is 65.7 Å². The predicted molar refractivity (Wildman–Crippen MR) is 118 cm³/mol. The van der Waals surface area contributed by atoms with Crippen LogP contribution in [-0.2, 0) is 20.7 Å². The number of amides is 1. The van der Waals surface area contributed by atoms with Gasteiger partial charge in [-0.15, -0.1) is 0 Å². The van der Waals surface area contributed by atoms with Crippen molar-refractivity contribution in [2.24, 2.45) is 5.92 Å². The zero-order valence-corrected chi connectivity index (χ0v) is 18.1. The molecule has 2 aromatic carbocycles. The number of carbonyl (C=O) groups is 3. The van der Waals surface area contributed by atoms with E-state index in [0.717, 1.165) is 5.56 Å². The van der Waals surface area contributed by atoms with Gasteiger partial charge in [-0.3, -0.25) is 14.4 Å². The van der Waals surface area contributed by atoms with Crippen LogP contribution in [0.2, 0.25) is 0 Å². The van der Waals surface area contributed by atoms with Gasteiger partial charge in [0.2, 0.25) is 5.91 Å². The molecule has 0 aliphatic rings. The lowest BCUT2D eigenvalue weighted by molar-refractivity contribution is -0.143. The second-order valence-corrected chi connectivity index (χ2v) is 7.61. The van der Waals surface area contributed by atoms with Crippen LogP contribution in [0.4, 0.5) is 0 Å². The van der Waals surface area contributed by atoms with Crippen LogP contribution in [0.15, 0.2) is 54.6 Å². The highest BCUT2D eigenvalue weighted by Crippen LogP contribution is 2.18. The van der Waals surface area contributed by atoms with Gasteiger partial charge in [-0.05, 0) is 31.0 Å². The van der Waals surface area contributed by atoms with Crippen molar-refractivity contribution in [3.8, 4) is 5.75 Å². The number of ketones is 1. The highest BCUT2D eigenvalue weighted by molar-refractivity contribution is 8.00. The third kappa shape index (κ3) is 7.91. The molecule has 1 N–H and O–H groups in total. The number of ether oxygens (including phenoxy) is 2. The van der Waals surface area contributed by atoms with Crippen LogP contribution in [0.5, 0.6) is 5.75 Å². The van der Waals surface area contributed by atoms with Gasteiger partial charge in [0.15, 0.2) is 5.78 Å². The van der Waals surface area contributed by atoms with Crippen LogP contribution < -0.4 is 10.1 Å². The molecule has 7 heteroatoms. The van der Waals surface area contributed by atoms with Crippen LogP contribution in [0.25, 0.3) is 0 Å². The highest BCUT2D eigenvalue weighted by Gasteiger charge is 2.21. The van der Waals surface area contributed by atoms with Crippen LogP contribution in [-0.4, -0.2) is 49.4 Å². The summed E-state index contributed by atoms with van der Waals surface area (Å²) < 4.78 is 10.0. The van der Waals surface area contributed by atoms with Crippen molar-refractivity contribution in [3.63, 3.8) is 0 Å². The number of methoxy groups -OCH3 is 1. The lowest BCUT2D eigenvalue weighted by Crippen LogP contribution is -2.37. The van der Waals surface area contributed by atoms with E-state index < -0.39 is 5.97 Å². The van der Waals surface area contributed by atoms with Gasteiger partial charge in [0.05, 0.1) is 25.4 Å². The second-order valence-electron chi connectivity index (χ2n) is 6.58. The van der Waals surface area contributed by atoms with Crippen LogP contribution >= 0.6 is 11.8 Å². The molecule has 1 atom stereocenters. The normalized spacial score (nSPS) is 11.4. The van der Waals surface area contributed by atoms with E-state index in [2.05, 4.69) is 5.32 Å². The van der Waals surface area contributed by atoms with Crippen LogP contribution in [0, 0.1) is 5.92 Å². The van der Waals surface area contributed by atoms with E-state index in [4.69, 9.17) is 9.47 Å². The second kappa shape index (κ2) is 12.7. The van der Waals surface area contributed by atoms with Crippen LogP contribution in [0.3, 0.4) is 0 Å². The first kappa shape index (κ1) is 23.5. The molecule has 2 aromatic rings. The zero-order valence-electron chi connectivity index (χ0n) is 17.3. The summed E-state index contributed by atoms with van der Waals surface area (Å²) in [5, 5.41) is 2.64. The van der Waals surface area contributed by atoms with E-state index >= 15 is 0 Å². The smallest absolute Gasteiger partial charge is 0.325 e. The summed E-state index contributed by atoms with van der Waals surface area (Å²) in [5.74, 6) is 0.252. The van der Waals surface area contributed by atoms with Crippen molar-refractivity contribution in [1.82, 2.24) is 5.32 Å². The fourth-order valence-electron chi connectivity index (χ4n) is 2.82. The molecule has 2 rings (SSSR count). The van der Waals surface area contributed by atoms with E-state index in [9.17, 15) is 14.4 Å². The van der Waals surface area contributed by atoms with Crippen LogP contribution in [0.1, 0.15) is 22.8 Å². The molecule has 6 nitrogen and oxygen atoms in total. The molecule has 1 amide bonds. The summed E-state index contributed by atoms with van der Waals surface area (Å²) in [6, 6.07) is 16.7. The SMILES string of the molecule is CCOC(=O)CNC(=O)[C@H](CSCC(=O)c1cccc(OC)c1)Cc1ccccc1. The number of rotatable bonds is 12. The minimum atomic E-state index is -0.467. The van der Waals surface area contributed by atoms with Crippen molar-refractivity contribution in [1.29, 1.82) is 0 Å². The average Bonchev–Trinajstić information content (AvgIpc) is 2.77. The van der Waals surface area contributed by atoms with Gasteiger partial charge < -0.3 is 14.8 Å². The Morgan fingerprint density at radius 3 is 2.53 bits per heavy atom. The first-order chi connectivity index (χ1) is 14.5. The van der Waals surface area contributed by atoms with E-state index in [1.165, 1.54) is 11.8 Å². The first-order valence-electron chi connectivity index (χ1n) is 9.75. The largest absolute Gasteiger partial charge is 0.497 e. The van der Waals surface area contributed by atoms with E-state index in [-0.39, 0.29) is 36.5 Å². The summed E-state index contributed by atoms with van der Waals surface area (Å²) in [6.45, 7) is 1.82. The topological polar surface area (TPSA) is 81.7 Å². The quantitative estimate of drug-likeness (QED) is 0.412. The van der Waals surface area contributed by atoms with E-state index in [0.29, 0.717) is 23.5 Å². The van der Waals surface area contributed by atoms with Crippen molar-refractivity contribution < 1.29 is 23.9 Å². The minimum Gasteiger partial charge on any atom is -0.497 e. The highest BCUT2D eigenvalue weighted by atomic mass is 32.2. The maximum atomic E-state index is 12.7. The molecule has 0 saturated heterocycles. The number of benzene rings is 2. The van der Waals surface area contributed by atoms with E-state index in [1.807, 2.05) is 30.3 Å². The van der Waals surface area contributed by atoms with Gasteiger partial charge in [0.1, 0.15) is 12.3 Å². The molecule has 0 aliphatic carbocycles. The number of hydrogen-bond acceptors (Lipinski definition) is 6. The maximum absolute atomic E-state index is 12.7. The van der Waals surface area contributed by atoms with Gasteiger partial charge in [-0.2, -0.15) is 11.8 Å². The number of esters is 1. The number of Topliss-reactive ketones (excluding diaryl/α,β-unsaturated/α-hetero) is 1. The fraction of sp³-hybridized carbons (Fsp3) is 0.348. The molecule has 0 radical (unpaired) electrons. The number of carbonyl (C=O) groups excluding carboxylic acids is 3. The molecule has 0 saturated carbocycles. The molecule has 0 fully saturated rings. The number of nitrogens with one attached hydrogen (secondary N) is 1. The standard InChI is InChI=1S/C23H27NO5S/c1-3-29-22(26)14-24-23(27)19(12-17-8-5-4-6-9-17)15-30-16-21(25)18-10-7-11-20(13-18)28-2/h4-11,13,19H,3,12,14-16H2,1-2H3,(H,24,27)/t19-/m0/s1. The summed E-state index contributed by atoms with van der Waals surface area (Å²) >= 11 is 1.40. The summed E-state index contributed by atoms with van der Waals surface area (Å²) in [4.78, 5) is 36.7. The lowest BCUT2D eigenvalue weighted by Gasteiger charge is -2.16. The summed E-state index contributed by atoms with van der Waals surface area (Å²) in [5.41, 5.74) is 1.60.